The second-order valence-corrected chi connectivity index (χ2v) is 9.41. The maximum absolute atomic E-state index is 13.3. The van der Waals surface area contributed by atoms with Gasteiger partial charge in [0, 0.05) is 43.1 Å². The molecule has 1 saturated heterocycles. The van der Waals surface area contributed by atoms with Crippen LogP contribution in [0.4, 0.5) is 5.82 Å². The molecule has 5 rings (SSSR count). The Morgan fingerprint density at radius 2 is 1.55 bits per heavy atom. The fourth-order valence-corrected chi connectivity index (χ4v) is 5.45. The lowest BCUT2D eigenvalue weighted by atomic mass is 9.87. The molecule has 5 nitrogen and oxygen atoms in total. The van der Waals surface area contributed by atoms with Crippen LogP contribution in [0.25, 0.3) is 11.4 Å². The number of hydrogen-bond donors (Lipinski definition) is 0. The summed E-state index contributed by atoms with van der Waals surface area (Å²) in [4.78, 5) is 27.9. The second kappa shape index (κ2) is 9.37. The van der Waals surface area contributed by atoms with Crippen LogP contribution in [0, 0.1) is 5.92 Å². The van der Waals surface area contributed by atoms with Crippen molar-refractivity contribution in [2.75, 3.05) is 24.5 Å². The molecule has 1 aromatic heterocycles. The lowest BCUT2D eigenvalue weighted by Gasteiger charge is -2.35. The van der Waals surface area contributed by atoms with Crippen molar-refractivity contribution in [2.45, 2.75) is 70.8 Å². The summed E-state index contributed by atoms with van der Waals surface area (Å²) in [5.74, 6) is 2.48. The highest BCUT2D eigenvalue weighted by atomic mass is 16.2. The summed E-state index contributed by atoms with van der Waals surface area (Å²) in [6.45, 7) is 3.56. The number of aromatic nitrogens is 2. The van der Waals surface area contributed by atoms with Gasteiger partial charge in [0.25, 0.3) is 0 Å². The number of rotatable bonds is 3. The fourth-order valence-electron chi connectivity index (χ4n) is 5.45. The summed E-state index contributed by atoms with van der Waals surface area (Å²) in [6, 6.07) is 10.3. The Bertz CT molecular complexity index is 899. The number of amides is 1. The van der Waals surface area contributed by atoms with Crippen molar-refractivity contribution in [1.29, 1.82) is 0 Å². The molecule has 0 unspecified atom stereocenters. The third kappa shape index (κ3) is 4.46. The topological polar surface area (TPSA) is 49.3 Å². The first kappa shape index (κ1) is 20.5. The molecule has 2 fully saturated rings. The molecule has 2 aliphatic heterocycles. The smallest absolute Gasteiger partial charge is 0.225 e. The molecular formula is C26H34N4O. The van der Waals surface area contributed by atoms with Crippen LogP contribution in [0.15, 0.2) is 30.3 Å². The molecule has 1 aliphatic carbocycles. The Morgan fingerprint density at radius 1 is 0.839 bits per heavy atom. The van der Waals surface area contributed by atoms with Gasteiger partial charge in [-0.3, -0.25) is 4.79 Å². The minimum absolute atomic E-state index is 0.224. The predicted molar refractivity (Wildman–Crippen MR) is 124 cm³/mol. The highest BCUT2D eigenvalue weighted by molar-refractivity contribution is 5.79. The number of fused-ring (bicyclic) bond motifs is 1. The maximum atomic E-state index is 13.3. The average molecular weight is 419 g/mol. The van der Waals surface area contributed by atoms with E-state index in [1.54, 1.807) is 0 Å². The lowest BCUT2D eigenvalue weighted by molar-refractivity contribution is -0.137. The molecular weight excluding hydrogens is 384 g/mol. The van der Waals surface area contributed by atoms with E-state index >= 15 is 0 Å². The quantitative estimate of drug-likeness (QED) is 0.705. The summed E-state index contributed by atoms with van der Waals surface area (Å²) in [6.07, 6.45) is 11.6. The van der Waals surface area contributed by atoms with Gasteiger partial charge in [0.1, 0.15) is 5.82 Å². The minimum Gasteiger partial charge on any atom is -0.356 e. The van der Waals surface area contributed by atoms with Crippen LogP contribution < -0.4 is 4.90 Å². The monoisotopic (exact) mass is 418 g/mol. The molecule has 1 amide bonds. The average Bonchev–Trinajstić information content (AvgIpc) is 3.13. The molecule has 0 atom stereocenters. The number of carbonyl (C=O) groups excluding carboxylic acids is 1. The van der Waals surface area contributed by atoms with E-state index in [1.165, 1.54) is 50.5 Å². The molecule has 2 aromatic rings. The standard InChI is InChI=1S/C26H34N4O/c31-26(21-13-7-4-8-14-21)30-18-15-23-22(19-30)25(29-16-9-1-2-10-17-29)28-24(27-23)20-11-5-3-6-12-20/h3,5-6,11-12,21H,1-2,4,7-10,13-19H2. The maximum Gasteiger partial charge on any atom is 0.225 e. The Balaban J connectivity index is 1.48. The lowest BCUT2D eigenvalue weighted by Crippen LogP contribution is -2.41. The highest BCUT2D eigenvalue weighted by Gasteiger charge is 2.31. The molecule has 0 bridgehead atoms. The van der Waals surface area contributed by atoms with E-state index < -0.39 is 0 Å². The van der Waals surface area contributed by atoms with Crippen LogP contribution in [0.2, 0.25) is 0 Å². The predicted octanol–water partition coefficient (Wildman–Crippen LogP) is 4.99. The molecule has 1 saturated carbocycles. The number of hydrogen-bond acceptors (Lipinski definition) is 4. The van der Waals surface area contributed by atoms with E-state index in [9.17, 15) is 4.79 Å². The summed E-state index contributed by atoms with van der Waals surface area (Å²) in [5, 5.41) is 0. The highest BCUT2D eigenvalue weighted by Crippen LogP contribution is 2.33. The van der Waals surface area contributed by atoms with E-state index in [1.807, 2.05) is 18.2 Å². The Hall–Kier alpha value is -2.43. The third-order valence-corrected chi connectivity index (χ3v) is 7.24. The van der Waals surface area contributed by atoms with Gasteiger partial charge in [-0.1, -0.05) is 62.4 Å². The van der Waals surface area contributed by atoms with Crippen molar-refractivity contribution >= 4 is 11.7 Å². The van der Waals surface area contributed by atoms with Gasteiger partial charge in [-0.15, -0.1) is 0 Å². The zero-order valence-electron chi connectivity index (χ0n) is 18.6. The van der Waals surface area contributed by atoms with E-state index in [-0.39, 0.29) is 5.92 Å². The third-order valence-electron chi connectivity index (χ3n) is 7.24. The molecule has 3 aliphatic rings. The Morgan fingerprint density at radius 3 is 2.29 bits per heavy atom. The molecule has 0 N–H and O–H groups in total. The molecule has 31 heavy (non-hydrogen) atoms. The van der Waals surface area contributed by atoms with Crippen molar-refractivity contribution in [3.8, 4) is 11.4 Å². The van der Waals surface area contributed by atoms with Gasteiger partial charge in [0.05, 0.1) is 12.2 Å². The van der Waals surface area contributed by atoms with Gasteiger partial charge in [-0.05, 0) is 25.7 Å². The van der Waals surface area contributed by atoms with Crippen LogP contribution in [0.5, 0.6) is 0 Å². The summed E-state index contributed by atoms with van der Waals surface area (Å²) in [7, 11) is 0. The zero-order chi connectivity index (χ0) is 21.0. The molecule has 1 aromatic carbocycles. The summed E-state index contributed by atoms with van der Waals surface area (Å²) >= 11 is 0. The van der Waals surface area contributed by atoms with Gasteiger partial charge in [0.15, 0.2) is 5.82 Å². The van der Waals surface area contributed by atoms with Crippen LogP contribution in [-0.2, 0) is 17.8 Å². The Kier molecular flexibility index (Phi) is 6.19. The van der Waals surface area contributed by atoms with Crippen molar-refractivity contribution in [2.24, 2.45) is 5.92 Å². The number of nitrogens with zero attached hydrogens (tertiary/aromatic N) is 4. The first-order chi connectivity index (χ1) is 15.3. The molecule has 0 radical (unpaired) electrons. The summed E-state index contributed by atoms with van der Waals surface area (Å²) in [5.41, 5.74) is 3.40. The SMILES string of the molecule is O=C(C1CCCCC1)N1CCc2nc(-c3ccccc3)nc(N3CCCCCC3)c2C1. The van der Waals surface area contributed by atoms with Crippen molar-refractivity contribution in [3.05, 3.63) is 41.6 Å². The normalized spacial score (nSPS) is 20.3. The van der Waals surface area contributed by atoms with Crippen LogP contribution in [0.1, 0.15) is 69.0 Å². The van der Waals surface area contributed by atoms with E-state index in [0.29, 0.717) is 12.5 Å². The molecule has 164 valence electrons. The molecule has 5 heteroatoms. The Labute approximate surface area is 185 Å². The zero-order valence-corrected chi connectivity index (χ0v) is 18.6. The van der Waals surface area contributed by atoms with Crippen LogP contribution in [0.3, 0.4) is 0 Å². The number of carbonyl (C=O) groups is 1. The van der Waals surface area contributed by atoms with Crippen molar-refractivity contribution in [3.63, 3.8) is 0 Å². The van der Waals surface area contributed by atoms with Gasteiger partial charge in [0.2, 0.25) is 5.91 Å². The van der Waals surface area contributed by atoms with Gasteiger partial charge in [-0.25, -0.2) is 9.97 Å². The van der Waals surface area contributed by atoms with Crippen molar-refractivity contribution < 1.29 is 4.79 Å². The fraction of sp³-hybridized carbons (Fsp3) is 0.577. The first-order valence-corrected chi connectivity index (χ1v) is 12.3. The molecule has 0 spiro atoms. The molecule has 3 heterocycles. The number of anilines is 1. The first-order valence-electron chi connectivity index (χ1n) is 12.3. The largest absolute Gasteiger partial charge is 0.356 e. The van der Waals surface area contributed by atoms with Gasteiger partial charge >= 0.3 is 0 Å². The van der Waals surface area contributed by atoms with Crippen molar-refractivity contribution in [1.82, 2.24) is 14.9 Å². The number of benzene rings is 1. The second-order valence-electron chi connectivity index (χ2n) is 9.41. The van der Waals surface area contributed by atoms with E-state index in [4.69, 9.17) is 9.97 Å². The van der Waals surface area contributed by atoms with E-state index in [2.05, 4.69) is 21.9 Å². The van der Waals surface area contributed by atoms with Gasteiger partial charge < -0.3 is 9.80 Å². The van der Waals surface area contributed by atoms with Crippen LogP contribution >= 0.6 is 0 Å². The minimum atomic E-state index is 0.224. The summed E-state index contributed by atoms with van der Waals surface area (Å²) < 4.78 is 0. The van der Waals surface area contributed by atoms with E-state index in [0.717, 1.165) is 61.8 Å². The van der Waals surface area contributed by atoms with Gasteiger partial charge in [-0.2, -0.15) is 0 Å². The van der Waals surface area contributed by atoms with Crippen LogP contribution in [-0.4, -0.2) is 40.4 Å².